The average molecular weight is 279 g/mol. The molecule has 0 aliphatic carbocycles. The molecular weight excluding hydrogens is 258 g/mol. The fourth-order valence-electron chi connectivity index (χ4n) is 2.68. The van der Waals surface area contributed by atoms with Crippen molar-refractivity contribution in [3.8, 4) is 0 Å². The van der Waals surface area contributed by atoms with E-state index in [1.54, 1.807) is 19.2 Å². The molecule has 0 aromatic heterocycles. The number of nitrogens with two attached hydrogens (primary N) is 1. The summed E-state index contributed by atoms with van der Waals surface area (Å²) in [7, 11) is 1.74. The highest BCUT2D eigenvalue weighted by molar-refractivity contribution is 5.59. The fraction of sp³-hybridized carbons (Fsp3) is 0.571. The van der Waals surface area contributed by atoms with E-state index in [1.807, 2.05) is 0 Å². The Balaban J connectivity index is 2.03. The maximum Gasteiger partial charge on any atom is 0.292 e. The molecule has 0 saturated carbocycles. The van der Waals surface area contributed by atoms with Gasteiger partial charge in [-0.2, -0.15) is 0 Å². The normalized spacial score (nSPS) is 23.7. The van der Waals surface area contributed by atoms with Gasteiger partial charge >= 0.3 is 0 Å². The predicted molar refractivity (Wildman–Crippen MR) is 77.4 cm³/mol. The number of benzene rings is 1. The first-order valence-electron chi connectivity index (χ1n) is 6.79. The molecule has 1 aromatic carbocycles. The maximum absolute atomic E-state index is 10.7. The minimum absolute atomic E-state index is 0.0317. The number of methoxy groups -OCH3 is 1. The summed E-state index contributed by atoms with van der Waals surface area (Å²) in [6, 6.07) is 4.94. The number of likely N-dealkylation sites (tertiary alicyclic amines) is 1. The summed E-state index contributed by atoms with van der Waals surface area (Å²) in [5.74, 6) is 0.568. The van der Waals surface area contributed by atoms with E-state index in [4.69, 9.17) is 10.5 Å². The van der Waals surface area contributed by atoms with Gasteiger partial charge < -0.3 is 10.5 Å². The molecule has 1 aliphatic rings. The van der Waals surface area contributed by atoms with Crippen LogP contribution in [-0.4, -0.2) is 36.1 Å². The lowest BCUT2D eigenvalue weighted by Crippen LogP contribution is -2.43. The molecular formula is C14H21N3O3. The molecule has 0 amide bonds. The van der Waals surface area contributed by atoms with Crippen molar-refractivity contribution >= 4 is 11.4 Å². The molecule has 2 N–H and O–H groups in total. The van der Waals surface area contributed by atoms with Crippen molar-refractivity contribution < 1.29 is 9.66 Å². The molecule has 1 heterocycles. The van der Waals surface area contributed by atoms with E-state index in [1.165, 1.54) is 6.07 Å². The predicted octanol–water partition coefficient (Wildman–Crippen LogP) is 2.03. The standard InChI is InChI=1S/C14H21N3O3/c1-10-5-6-16(9-14(10)20-2)8-11-3-4-13(17(18)19)12(15)7-11/h3-4,7,10,14H,5-6,8-9,15H2,1-2H3. The van der Waals surface area contributed by atoms with E-state index in [0.717, 1.165) is 31.6 Å². The minimum atomic E-state index is -0.456. The SMILES string of the molecule is COC1CN(Cc2ccc([N+](=O)[O-])c(N)c2)CCC1C. The molecule has 6 heteroatoms. The third-order valence-electron chi connectivity index (χ3n) is 3.97. The Morgan fingerprint density at radius 2 is 2.30 bits per heavy atom. The zero-order valence-corrected chi connectivity index (χ0v) is 11.9. The number of hydrogen-bond donors (Lipinski definition) is 1. The zero-order valence-electron chi connectivity index (χ0n) is 11.9. The molecule has 1 fully saturated rings. The smallest absolute Gasteiger partial charge is 0.292 e. The van der Waals surface area contributed by atoms with Crippen LogP contribution in [0.3, 0.4) is 0 Å². The zero-order chi connectivity index (χ0) is 14.7. The first-order chi connectivity index (χ1) is 9.51. The lowest BCUT2D eigenvalue weighted by molar-refractivity contribution is -0.383. The van der Waals surface area contributed by atoms with E-state index in [9.17, 15) is 10.1 Å². The van der Waals surface area contributed by atoms with E-state index >= 15 is 0 Å². The summed E-state index contributed by atoms with van der Waals surface area (Å²) in [5, 5.41) is 10.7. The molecule has 2 unspecified atom stereocenters. The molecule has 0 spiro atoms. The van der Waals surface area contributed by atoms with Crippen molar-refractivity contribution in [3.63, 3.8) is 0 Å². The van der Waals surface area contributed by atoms with Crippen LogP contribution in [0.5, 0.6) is 0 Å². The van der Waals surface area contributed by atoms with Crippen LogP contribution < -0.4 is 5.73 Å². The topological polar surface area (TPSA) is 81.6 Å². The van der Waals surface area contributed by atoms with E-state index in [2.05, 4.69) is 11.8 Å². The third-order valence-corrected chi connectivity index (χ3v) is 3.97. The number of nitrogen functional groups attached to an aromatic ring is 1. The Bertz CT molecular complexity index is 493. The van der Waals surface area contributed by atoms with Crippen LogP contribution in [0.15, 0.2) is 18.2 Å². The summed E-state index contributed by atoms with van der Waals surface area (Å²) in [6.07, 6.45) is 1.35. The van der Waals surface area contributed by atoms with Crippen molar-refractivity contribution in [2.24, 2.45) is 5.92 Å². The Morgan fingerprint density at radius 1 is 1.55 bits per heavy atom. The summed E-state index contributed by atoms with van der Waals surface area (Å²) >= 11 is 0. The van der Waals surface area contributed by atoms with Crippen LogP contribution in [0.4, 0.5) is 11.4 Å². The van der Waals surface area contributed by atoms with Gasteiger partial charge in [-0.3, -0.25) is 15.0 Å². The van der Waals surface area contributed by atoms with Crippen LogP contribution >= 0.6 is 0 Å². The van der Waals surface area contributed by atoms with Gasteiger partial charge in [0.1, 0.15) is 5.69 Å². The number of piperidine rings is 1. The minimum Gasteiger partial charge on any atom is -0.393 e. The molecule has 20 heavy (non-hydrogen) atoms. The molecule has 0 bridgehead atoms. The van der Waals surface area contributed by atoms with Gasteiger partial charge in [-0.15, -0.1) is 0 Å². The Morgan fingerprint density at radius 3 is 2.90 bits per heavy atom. The number of rotatable bonds is 4. The first-order valence-corrected chi connectivity index (χ1v) is 6.79. The van der Waals surface area contributed by atoms with Crippen molar-refractivity contribution in [3.05, 3.63) is 33.9 Å². The molecule has 1 saturated heterocycles. The van der Waals surface area contributed by atoms with Gasteiger partial charge in [-0.25, -0.2) is 0 Å². The fourth-order valence-corrected chi connectivity index (χ4v) is 2.68. The van der Waals surface area contributed by atoms with Crippen LogP contribution in [-0.2, 0) is 11.3 Å². The largest absolute Gasteiger partial charge is 0.393 e. The highest BCUT2D eigenvalue weighted by Gasteiger charge is 2.26. The van der Waals surface area contributed by atoms with Gasteiger partial charge in [0.15, 0.2) is 0 Å². The molecule has 110 valence electrons. The van der Waals surface area contributed by atoms with Crippen molar-refractivity contribution in [2.45, 2.75) is 26.0 Å². The molecule has 1 aliphatic heterocycles. The van der Waals surface area contributed by atoms with E-state index in [0.29, 0.717) is 5.92 Å². The van der Waals surface area contributed by atoms with Gasteiger partial charge in [-0.1, -0.05) is 13.0 Å². The third kappa shape index (κ3) is 3.26. The van der Waals surface area contributed by atoms with E-state index in [-0.39, 0.29) is 17.5 Å². The maximum atomic E-state index is 10.7. The summed E-state index contributed by atoms with van der Waals surface area (Å²) in [6.45, 7) is 4.84. The first kappa shape index (κ1) is 14.7. The number of hydrogen-bond acceptors (Lipinski definition) is 5. The second-order valence-corrected chi connectivity index (χ2v) is 5.43. The number of nitro benzene ring substituents is 1. The number of nitro groups is 1. The molecule has 2 rings (SSSR count). The second-order valence-electron chi connectivity index (χ2n) is 5.43. The van der Waals surface area contributed by atoms with E-state index < -0.39 is 4.92 Å². The van der Waals surface area contributed by atoms with Crippen LogP contribution in [0, 0.1) is 16.0 Å². The summed E-state index contributed by atoms with van der Waals surface area (Å²) in [5.41, 5.74) is 6.91. The number of anilines is 1. The van der Waals surface area contributed by atoms with Gasteiger partial charge in [0.2, 0.25) is 0 Å². The number of ether oxygens (including phenoxy) is 1. The van der Waals surface area contributed by atoms with Gasteiger partial charge in [0, 0.05) is 26.3 Å². The Hall–Kier alpha value is -1.66. The Labute approximate surface area is 118 Å². The molecule has 6 nitrogen and oxygen atoms in total. The van der Waals surface area contributed by atoms with Crippen molar-refractivity contribution in [1.29, 1.82) is 0 Å². The van der Waals surface area contributed by atoms with Crippen LogP contribution in [0.25, 0.3) is 0 Å². The monoisotopic (exact) mass is 279 g/mol. The average Bonchev–Trinajstić information content (AvgIpc) is 2.40. The van der Waals surface area contributed by atoms with Crippen molar-refractivity contribution in [1.82, 2.24) is 4.90 Å². The molecule has 0 radical (unpaired) electrons. The quantitative estimate of drug-likeness (QED) is 0.518. The molecule has 1 aromatic rings. The van der Waals surface area contributed by atoms with Crippen LogP contribution in [0.1, 0.15) is 18.9 Å². The van der Waals surface area contributed by atoms with Crippen molar-refractivity contribution in [2.75, 3.05) is 25.9 Å². The summed E-state index contributed by atoms with van der Waals surface area (Å²) < 4.78 is 5.49. The Kier molecular flexibility index (Phi) is 4.57. The molecule has 2 atom stereocenters. The lowest BCUT2D eigenvalue weighted by atomic mass is 9.95. The van der Waals surface area contributed by atoms with Gasteiger partial charge in [0.05, 0.1) is 11.0 Å². The second kappa shape index (κ2) is 6.19. The summed E-state index contributed by atoms with van der Waals surface area (Å²) in [4.78, 5) is 12.6. The van der Waals surface area contributed by atoms with Gasteiger partial charge in [-0.05, 0) is 30.5 Å². The number of nitrogens with zero attached hydrogens (tertiary/aromatic N) is 2. The lowest BCUT2D eigenvalue weighted by Gasteiger charge is -2.36. The highest BCUT2D eigenvalue weighted by Crippen LogP contribution is 2.25. The van der Waals surface area contributed by atoms with Crippen LogP contribution in [0.2, 0.25) is 0 Å². The van der Waals surface area contributed by atoms with Gasteiger partial charge in [0.25, 0.3) is 5.69 Å². The highest BCUT2D eigenvalue weighted by atomic mass is 16.6.